The lowest BCUT2D eigenvalue weighted by atomic mass is 9.76. The van der Waals surface area contributed by atoms with Gasteiger partial charge in [0, 0.05) is 35.9 Å². The summed E-state index contributed by atoms with van der Waals surface area (Å²) in [4.78, 5) is 76.8. The van der Waals surface area contributed by atoms with Crippen molar-refractivity contribution in [3.05, 3.63) is 95.1 Å². The van der Waals surface area contributed by atoms with Gasteiger partial charge in [0.15, 0.2) is 0 Å². The van der Waals surface area contributed by atoms with Crippen LogP contribution in [0.4, 0.5) is 5.69 Å². The quantitative estimate of drug-likeness (QED) is 0.0295. The number of carbonyl (C=O) groups excluding carboxylic acids is 4. The molecule has 0 radical (unpaired) electrons. The van der Waals surface area contributed by atoms with Crippen molar-refractivity contribution in [1.29, 1.82) is 5.41 Å². The summed E-state index contributed by atoms with van der Waals surface area (Å²) in [5.41, 5.74) is 2.21. The Bertz CT molecular complexity index is 2090. The van der Waals surface area contributed by atoms with Crippen molar-refractivity contribution in [1.82, 2.24) is 0 Å². The first kappa shape index (κ1) is 47.6. The first-order valence-electron chi connectivity index (χ1n) is 20.5. The minimum absolute atomic E-state index is 0.0155. The number of esters is 2. The van der Waals surface area contributed by atoms with E-state index >= 15 is 0 Å². The summed E-state index contributed by atoms with van der Waals surface area (Å²) in [7, 11) is 0. The Morgan fingerprint density at radius 3 is 2.11 bits per heavy atom. The number of ether oxygens (including phenoxy) is 3. The summed E-state index contributed by atoms with van der Waals surface area (Å²) < 4.78 is 16.6. The van der Waals surface area contributed by atoms with Gasteiger partial charge in [-0.15, -0.1) is 0 Å². The number of anilines is 1. The van der Waals surface area contributed by atoms with Crippen LogP contribution >= 0.6 is 0 Å². The van der Waals surface area contributed by atoms with Crippen molar-refractivity contribution >= 4 is 53.5 Å². The molecule has 0 saturated heterocycles. The zero-order chi connectivity index (χ0) is 45.1. The zero-order valence-corrected chi connectivity index (χ0v) is 36.0. The van der Waals surface area contributed by atoms with Crippen molar-refractivity contribution < 1.29 is 53.2 Å². The van der Waals surface area contributed by atoms with E-state index in [1.807, 2.05) is 12.1 Å². The second kappa shape index (κ2) is 20.9. The number of hydrogen-bond acceptors (Lipinski definition) is 10. The summed E-state index contributed by atoms with van der Waals surface area (Å²) in [6, 6.07) is 18.6. The molecule has 13 heteroatoms. The van der Waals surface area contributed by atoms with E-state index in [0.29, 0.717) is 47.8 Å². The van der Waals surface area contributed by atoms with Crippen LogP contribution in [0.25, 0.3) is 6.08 Å². The highest BCUT2D eigenvalue weighted by Crippen LogP contribution is 2.47. The Balaban J connectivity index is 1.37. The molecule has 0 heterocycles. The van der Waals surface area contributed by atoms with Gasteiger partial charge in [-0.2, -0.15) is 0 Å². The number of carbonyl (C=O) groups is 6. The van der Waals surface area contributed by atoms with Gasteiger partial charge in [-0.1, -0.05) is 66.7 Å². The normalized spacial score (nSPS) is 18.2. The number of unbranched alkanes of at least 4 members (excludes halogenated alkanes) is 1. The van der Waals surface area contributed by atoms with E-state index in [-0.39, 0.29) is 30.1 Å². The molecule has 1 aliphatic carbocycles. The summed E-state index contributed by atoms with van der Waals surface area (Å²) in [5.74, 6) is -7.95. The minimum Gasteiger partial charge on any atom is -0.494 e. The summed E-state index contributed by atoms with van der Waals surface area (Å²) in [6.07, 6.45) is 5.37. The lowest BCUT2D eigenvalue weighted by Gasteiger charge is -2.30. The number of amides is 1. The summed E-state index contributed by atoms with van der Waals surface area (Å²) >= 11 is 0. The van der Waals surface area contributed by atoms with Gasteiger partial charge in [0.1, 0.15) is 17.3 Å². The molecule has 0 aromatic heterocycles. The van der Waals surface area contributed by atoms with Crippen LogP contribution < -0.4 is 14.8 Å². The fraction of sp³-hybridized carbons (Fsp3) is 0.438. The standard InChI is InChI=1S/C48H58N2O11/c1-29(47(2,3)4)36-26-33(50-44(55)39-27-38(43(54)48(5,6)7)37(28-40(51)52)42(39)45(56)57)16-13-31(36)22-25-60-41(53)21-12-30-10-17-35(18-11-30)61-46(58)32-14-19-34(20-15-32)59-24-9-8-23-49/h10-21,23,26,29,37-39,42,49H,8-9,22,24-25,27-28H2,1-7H3,(H,50,55)(H,51,52)(H,56,57). The molecular formula is C48H58N2O11. The Kier molecular flexibility index (Phi) is 16.3. The summed E-state index contributed by atoms with van der Waals surface area (Å²) in [6.45, 7) is 13.9. The molecule has 326 valence electrons. The van der Waals surface area contributed by atoms with Gasteiger partial charge in [-0.25, -0.2) is 9.59 Å². The molecule has 3 aromatic carbocycles. The number of rotatable bonds is 19. The Labute approximate surface area is 357 Å². The van der Waals surface area contributed by atoms with E-state index in [4.69, 9.17) is 19.6 Å². The van der Waals surface area contributed by atoms with Crippen LogP contribution in [0.5, 0.6) is 11.5 Å². The Hall–Kier alpha value is -6.11. The number of ketones is 1. The largest absolute Gasteiger partial charge is 0.494 e. The predicted molar refractivity (Wildman–Crippen MR) is 231 cm³/mol. The number of carboxylic acids is 2. The van der Waals surface area contributed by atoms with E-state index in [0.717, 1.165) is 17.5 Å². The number of nitrogens with one attached hydrogen (secondary N) is 2. The molecule has 5 atom stereocenters. The third-order valence-corrected chi connectivity index (χ3v) is 11.2. The molecule has 4 rings (SSSR count). The van der Waals surface area contributed by atoms with Crippen LogP contribution in [0, 0.1) is 39.9 Å². The third-order valence-electron chi connectivity index (χ3n) is 11.2. The molecule has 0 spiro atoms. The fourth-order valence-corrected chi connectivity index (χ4v) is 7.45. The lowest BCUT2D eigenvalue weighted by Crippen LogP contribution is -2.36. The van der Waals surface area contributed by atoms with Crippen molar-refractivity contribution in [2.24, 2.45) is 34.5 Å². The molecule has 4 N–H and O–H groups in total. The van der Waals surface area contributed by atoms with E-state index in [2.05, 4.69) is 33.0 Å². The van der Waals surface area contributed by atoms with Crippen molar-refractivity contribution in [3.8, 4) is 11.5 Å². The first-order chi connectivity index (χ1) is 28.7. The van der Waals surface area contributed by atoms with Crippen molar-refractivity contribution in [2.45, 2.75) is 86.5 Å². The molecule has 1 aliphatic rings. The van der Waals surface area contributed by atoms with E-state index in [9.17, 15) is 39.0 Å². The average Bonchev–Trinajstić information content (AvgIpc) is 3.57. The maximum absolute atomic E-state index is 13.8. The highest BCUT2D eigenvalue weighted by atomic mass is 16.5. The smallest absolute Gasteiger partial charge is 0.343 e. The molecule has 61 heavy (non-hydrogen) atoms. The topological polar surface area (TPSA) is 206 Å². The monoisotopic (exact) mass is 838 g/mol. The molecule has 13 nitrogen and oxygen atoms in total. The second-order valence-corrected chi connectivity index (χ2v) is 17.6. The Morgan fingerprint density at radius 1 is 0.869 bits per heavy atom. The molecule has 1 fully saturated rings. The molecule has 3 aromatic rings. The number of hydrogen-bond donors (Lipinski definition) is 4. The predicted octanol–water partition coefficient (Wildman–Crippen LogP) is 8.64. The van der Waals surface area contributed by atoms with E-state index in [1.165, 1.54) is 12.3 Å². The minimum atomic E-state index is -1.35. The van der Waals surface area contributed by atoms with Crippen LogP contribution in [0.15, 0.2) is 72.8 Å². The number of Topliss-reactive ketones (excluding diaryl/α,β-unsaturated/α-hetero) is 1. The van der Waals surface area contributed by atoms with Crippen LogP contribution in [-0.2, 0) is 35.1 Å². The SMILES string of the molecule is CC(c1cc(NC(=O)C2CC(C(=O)C(C)(C)C)C(CC(=O)O)C2C(=O)O)ccc1CCOC(=O)C=Cc1ccc(OC(=O)c2ccc(OCCCC=N)cc2)cc1)C(C)(C)C. The number of benzene rings is 3. The number of carboxylic acid groups (broad SMARTS) is 2. The highest BCUT2D eigenvalue weighted by molar-refractivity contribution is 5.98. The van der Waals surface area contributed by atoms with Gasteiger partial charge in [0.2, 0.25) is 5.91 Å². The average molecular weight is 839 g/mol. The molecule has 0 bridgehead atoms. The van der Waals surface area contributed by atoms with Gasteiger partial charge in [0.05, 0.1) is 30.6 Å². The van der Waals surface area contributed by atoms with Gasteiger partial charge in [-0.05, 0) is 114 Å². The maximum Gasteiger partial charge on any atom is 0.343 e. The lowest BCUT2D eigenvalue weighted by molar-refractivity contribution is -0.149. The van der Waals surface area contributed by atoms with Gasteiger partial charge in [0.25, 0.3) is 0 Å². The highest BCUT2D eigenvalue weighted by Gasteiger charge is 2.54. The van der Waals surface area contributed by atoms with E-state index < -0.39 is 65.3 Å². The first-order valence-corrected chi connectivity index (χ1v) is 20.5. The molecule has 5 unspecified atom stereocenters. The van der Waals surface area contributed by atoms with Gasteiger partial charge >= 0.3 is 23.9 Å². The molecular weight excluding hydrogens is 781 g/mol. The van der Waals surface area contributed by atoms with Crippen LogP contribution in [0.3, 0.4) is 0 Å². The maximum atomic E-state index is 13.8. The van der Waals surface area contributed by atoms with E-state index in [1.54, 1.807) is 81.4 Å². The van der Waals surface area contributed by atoms with Gasteiger partial charge in [-0.3, -0.25) is 19.2 Å². The van der Waals surface area contributed by atoms with Crippen LogP contribution in [0.1, 0.15) is 107 Å². The van der Waals surface area contributed by atoms with Crippen LogP contribution in [0.2, 0.25) is 0 Å². The molecule has 1 saturated carbocycles. The summed E-state index contributed by atoms with van der Waals surface area (Å²) in [5, 5.41) is 29.7. The fourth-order valence-electron chi connectivity index (χ4n) is 7.45. The zero-order valence-electron chi connectivity index (χ0n) is 36.0. The molecule has 1 amide bonds. The third kappa shape index (κ3) is 13.4. The second-order valence-electron chi connectivity index (χ2n) is 17.6. The molecule has 0 aliphatic heterocycles. The van der Waals surface area contributed by atoms with Crippen molar-refractivity contribution in [3.63, 3.8) is 0 Å². The van der Waals surface area contributed by atoms with Crippen molar-refractivity contribution in [2.75, 3.05) is 18.5 Å². The van der Waals surface area contributed by atoms with Gasteiger partial charge < -0.3 is 35.1 Å². The van der Waals surface area contributed by atoms with Crippen LogP contribution in [-0.4, -0.2) is 65.2 Å². The Morgan fingerprint density at radius 2 is 1.52 bits per heavy atom. The number of aliphatic carboxylic acids is 2.